The van der Waals surface area contributed by atoms with Gasteiger partial charge in [-0.05, 0) is 12.8 Å². The molecule has 2 N–H and O–H groups in total. The molecule has 0 aromatic carbocycles. The number of aliphatic hydroxyl groups excluding tert-OH is 1. The van der Waals surface area contributed by atoms with Gasteiger partial charge in [-0.2, -0.15) is 0 Å². The van der Waals surface area contributed by atoms with Gasteiger partial charge in [-0.15, -0.1) is 0 Å². The molecule has 1 saturated carbocycles. The molecule has 0 saturated heterocycles. The summed E-state index contributed by atoms with van der Waals surface area (Å²) in [5.74, 6) is 0. The molecule has 1 radical (unpaired) electrons. The highest BCUT2D eigenvalue weighted by atomic mass is 16.3. The third-order valence-corrected chi connectivity index (χ3v) is 1.99. The van der Waals surface area contributed by atoms with Crippen LogP contribution in [-0.2, 0) is 0 Å². The molecule has 1 rings (SSSR count). The molecule has 53 valence electrons. The first kappa shape index (κ1) is 7.03. The average molecular weight is 128 g/mol. The van der Waals surface area contributed by atoms with Crippen molar-refractivity contribution in [2.45, 2.75) is 37.8 Å². The summed E-state index contributed by atoms with van der Waals surface area (Å²) in [6.07, 6.45) is 4.25. The van der Waals surface area contributed by atoms with Gasteiger partial charge < -0.3 is 10.4 Å². The number of hydrogen-bond donors (Lipinski definition) is 2. The third-order valence-electron chi connectivity index (χ3n) is 1.99. The van der Waals surface area contributed by atoms with Gasteiger partial charge in [-0.1, -0.05) is 12.8 Å². The van der Waals surface area contributed by atoms with Crippen molar-refractivity contribution in [2.75, 3.05) is 0 Å². The molecule has 0 amide bonds. The van der Waals surface area contributed by atoms with Crippen LogP contribution in [0.5, 0.6) is 0 Å². The van der Waals surface area contributed by atoms with E-state index in [4.69, 9.17) is 0 Å². The zero-order valence-corrected chi connectivity index (χ0v) is 5.64. The van der Waals surface area contributed by atoms with Crippen LogP contribution in [0.2, 0.25) is 0 Å². The lowest BCUT2D eigenvalue weighted by atomic mass is 9.93. The highest BCUT2D eigenvalue weighted by Crippen LogP contribution is 2.17. The fraction of sp³-hybridized carbons (Fsp3) is 0.857. The number of hydrogen-bond acceptors (Lipinski definition) is 2. The molecule has 1 unspecified atom stereocenters. The fourth-order valence-corrected chi connectivity index (χ4v) is 1.35. The van der Waals surface area contributed by atoms with E-state index in [0.717, 1.165) is 12.8 Å². The molecule has 0 bridgehead atoms. The lowest BCUT2D eigenvalue weighted by Crippen LogP contribution is -2.38. The first-order chi connectivity index (χ1) is 4.34. The van der Waals surface area contributed by atoms with Crippen molar-refractivity contribution < 1.29 is 5.11 Å². The summed E-state index contributed by atoms with van der Waals surface area (Å²) in [5.41, 5.74) is 0. The van der Waals surface area contributed by atoms with Gasteiger partial charge in [0.1, 0.15) is 0 Å². The van der Waals surface area contributed by atoms with Crippen molar-refractivity contribution in [3.63, 3.8) is 0 Å². The van der Waals surface area contributed by atoms with E-state index in [0.29, 0.717) is 0 Å². The van der Waals surface area contributed by atoms with Crippen LogP contribution in [0.25, 0.3) is 0 Å². The maximum Gasteiger partial charge on any atom is 0.0693 e. The molecule has 0 aromatic rings. The molecule has 0 spiro atoms. The van der Waals surface area contributed by atoms with Crippen LogP contribution in [0.3, 0.4) is 0 Å². The normalized spacial score (nSPS) is 36.7. The van der Waals surface area contributed by atoms with E-state index in [9.17, 15) is 5.11 Å². The number of nitrogens with one attached hydrogen (secondary N) is 1. The summed E-state index contributed by atoms with van der Waals surface area (Å²) in [6.45, 7) is 0. The second kappa shape index (κ2) is 3.18. The Morgan fingerprint density at radius 3 is 2.44 bits per heavy atom. The van der Waals surface area contributed by atoms with E-state index in [1.165, 1.54) is 12.8 Å². The molecule has 2 nitrogen and oxygen atoms in total. The Morgan fingerprint density at radius 2 is 2.00 bits per heavy atom. The standard InChI is InChI=1S/C7H14NO/c1-8-6-4-2-3-5-7(6)9/h6-9H,1-5H2/t6?,7-/m1/s1. The second-order valence-corrected chi connectivity index (χ2v) is 2.66. The van der Waals surface area contributed by atoms with E-state index in [-0.39, 0.29) is 12.1 Å². The van der Waals surface area contributed by atoms with Crippen molar-refractivity contribution in [3.05, 3.63) is 7.05 Å². The molecule has 0 aromatic heterocycles. The molecule has 1 aliphatic rings. The lowest BCUT2D eigenvalue weighted by molar-refractivity contribution is 0.0970. The van der Waals surface area contributed by atoms with Crippen LogP contribution in [0, 0.1) is 7.05 Å². The maximum atomic E-state index is 9.27. The third kappa shape index (κ3) is 1.66. The van der Waals surface area contributed by atoms with Crippen LogP contribution in [-0.4, -0.2) is 17.3 Å². The topological polar surface area (TPSA) is 32.3 Å². The van der Waals surface area contributed by atoms with Crippen LogP contribution >= 0.6 is 0 Å². The molecule has 0 heterocycles. The molecular weight excluding hydrogens is 114 g/mol. The Hall–Kier alpha value is -0.0800. The second-order valence-electron chi connectivity index (χ2n) is 2.66. The van der Waals surface area contributed by atoms with E-state index >= 15 is 0 Å². The van der Waals surface area contributed by atoms with Crippen molar-refractivity contribution in [3.8, 4) is 0 Å². The van der Waals surface area contributed by atoms with Gasteiger partial charge in [0.2, 0.25) is 0 Å². The summed E-state index contributed by atoms with van der Waals surface area (Å²) in [4.78, 5) is 0. The highest BCUT2D eigenvalue weighted by Gasteiger charge is 2.20. The summed E-state index contributed by atoms with van der Waals surface area (Å²) in [5, 5.41) is 12.1. The van der Waals surface area contributed by atoms with Crippen molar-refractivity contribution in [1.82, 2.24) is 5.32 Å². The van der Waals surface area contributed by atoms with Crippen molar-refractivity contribution >= 4 is 0 Å². The Balaban J connectivity index is 2.30. The lowest BCUT2D eigenvalue weighted by Gasteiger charge is -2.26. The minimum atomic E-state index is -0.156. The SMILES string of the molecule is [CH2]NC1CCCC[C@H]1O. The molecule has 2 heteroatoms. The number of rotatable bonds is 1. The molecule has 0 aliphatic heterocycles. The van der Waals surface area contributed by atoms with Gasteiger partial charge >= 0.3 is 0 Å². The van der Waals surface area contributed by atoms with Gasteiger partial charge in [-0.25, -0.2) is 0 Å². The average Bonchev–Trinajstić information content (AvgIpc) is 1.89. The highest BCUT2D eigenvalue weighted by molar-refractivity contribution is 4.79. The van der Waals surface area contributed by atoms with E-state index in [1.807, 2.05) is 0 Å². The van der Waals surface area contributed by atoms with Crippen LogP contribution in [0.1, 0.15) is 25.7 Å². The number of aliphatic hydroxyl groups is 1. The van der Waals surface area contributed by atoms with Crippen LogP contribution < -0.4 is 5.32 Å². The van der Waals surface area contributed by atoms with Gasteiger partial charge in [0.25, 0.3) is 0 Å². The van der Waals surface area contributed by atoms with Crippen LogP contribution in [0.4, 0.5) is 0 Å². The maximum absolute atomic E-state index is 9.27. The summed E-state index contributed by atoms with van der Waals surface area (Å²) in [7, 11) is 3.55. The van der Waals surface area contributed by atoms with Gasteiger partial charge in [0.15, 0.2) is 0 Å². The Morgan fingerprint density at radius 1 is 1.33 bits per heavy atom. The van der Waals surface area contributed by atoms with E-state index in [1.54, 1.807) is 0 Å². The van der Waals surface area contributed by atoms with Crippen LogP contribution in [0.15, 0.2) is 0 Å². The smallest absolute Gasteiger partial charge is 0.0693 e. The van der Waals surface area contributed by atoms with E-state index < -0.39 is 0 Å². The first-order valence-electron chi connectivity index (χ1n) is 3.55. The predicted octanol–water partition coefficient (Wildman–Crippen LogP) is 0.671. The minimum Gasteiger partial charge on any atom is -0.392 e. The fourth-order valence-electron chi connectivity index (χ4n) is 1.35. The summed E-state index contributed by atoms with van der Waals surface area (Å²) >= 11 is 0. The van der Waals surface area contributed by atoms with Gasteiger partial charge in [-0.3, -0.25) is 0 Å². The summed E-state index contributed by atoms with van der Waals surface area (Å²) < 4.78 is 0. The molecule has 1 aliphatic carbocycles. The molecule has 9 heavy (non-hydrogen) atoms. The monoisotopic (exact) mass is 128 g/mol. The first-order valence-corrected chi connectivity index (χ1v) is 3.55. The Bertz CT molecular complexity index is 85.0. The quantitative estimate of drug-likeness (QED) is 0.544. The minimum absolute atomic E-state index is 0.156. The van der Waals surface area contributed by atoms with Gasteiger partial charge in [0.05, 0.1) is 6.10 Å². The van der Waals surface area contributed by atoms with E-state index in [2.05, 4.69) is 12.4 Å². The van der Waals surface area contributed by atoms with Gasteiger partial charge in [0, 0.05) is 13.1 Å². The van der Waals surface area contributed by atoms with Crippen molar-refractivity contribution in [2.24, 2.45) is 0 Å². The predicted molar refractivity (Wildman–Crippen MR) is 36.8 cm³/mol. The zero-order chi connectivity index (χ0) is 6.69. The Labute approximate surface area is 56.3 Å². The molecular formula is C7H14NO. The summed E-state index contributed by atoms with van der Waals surface area (Å²) in [6, 6.07) is 0.249. The largest absolute Gasteiger partial charge is 0.392 e. The van der Waals surface area contributed by atoms with Crippen molar-refractivity contribution in [1.29, 1.82) is 0 Å². The zero-order valence-electron chi connectivity index (χ0n) is 5.64. The Kier molecular flexibility index (Phi) is 2.49. The molecule has 1 fully saturated rings. The molecule has 2 atom stereocenters.